The lowest BCUT2D eigenvalue weighted by Gasteiger charge is -2.33. The number of ether oxygens (including phenoxy) is 1. The Kier molecular flexibility index (Phi) is 4.06. The maximum absolute atomic E-state index is 12.0. The maximum Gasteiger partial charge on any atom is 0.223 e. The second-order valence-corrected chi connectivity index (χ2v) is 6.03. The van der Waals surface area contributed by atoms with E-state index in [-0.39, 0.29) is 11.8 Å². The number of carbonyl (C=O) groups excluding carboxylic acids is 1. The highest BCUT2D eigenvalue weighted by atomic mass is 16.5. The predicted molar refractivity (Wildman–Crippen MR) is 78.5 cm³/mol. The van der Waals surface area contributed by atoms with Crippen LogP contribution in [-0.2, 0) is 22.4 Å². The quantitative estimate of drug-likeness (QED) is 0.894. The number of rotatable bonds is 5. The van der Waals surface area contributed by atoms with E-state index in [1.165, 1.54) is 11.1 Å². The molecule has 1 aromatic carbocycles. The molecular weight excluding hydrogens is 250 g/mol. The van der Waals surface area contributed by atoms with Gasteiger partial charge in [0.05, 0.1) is 6.10 Å². The maximum atomic E-state index is 12.0. The molecule has 0 saturated heterocycles. The molecule has 2 aliphatic rings. The topological polar surface area (TPSA) is 38.3 Å². The van der Waals surface area contributed by atoms with Gasteiger partial charge in [-0.05, 0) is 49.7 Å². The molecule has 0 heterocycles. The van der Waals surface area contributed by atoms with Gasteiger partial charge in [0.1, 0.15) is 0 Å². The van der Waals surface area contributed by atoms with Gasteiger partial charge in [0.25, 0.3) is 0 Å². The van der Waals surface area contributed by atoms with Crippen molar-refractivity contribution in [3.05, 3.63) is 35.4 Å². The monoisotopic (exact) mass is 273 g/mol. The Balaban J connectivity index is 1.40. The lowest BCUT2D eigenvalue weighted by atomic mass is 9.81. The molecule has 3 heteroatoms. The van der Waals surface area contributed by atoms with Crippen molar-refractivity contribution in [2.45, 2.75) is 38.7 Å². The van der Waals surface area contributed by atoms with Crippen molar-refractivity contribution >= 4 is 5.91 Å². The van der Waals surface area contributed by atoms with Crippen LogP contribution in [0.1, 0.15) is 30.9 Å². The summed E-state index contributed by atoms with van der Waals surface area (Å²) in [4.78, 5) is 12.0. The minimum absolute atomic E-state index is 0.176. The van der Waals surface area contributed by atoms with E-state index >= 15 is 0 Å². The molecule has 0 spiro atoms. The van der Waals surface area contributed by atoms with Gasteiger partial charge in [-0.15, -0.1) is 0 Å². The molecule has 0 bridgehead atoms. The first-order valence-electron chi connectivity index (χ1n) is 7.72. The predicted octanol–water partition coefficient (Wildman–Crippen LogP) is 2.33. The first-order valence-corrected chi connectivity index (χ1v) is 7.72. The number of hydrogen-bond acceptors (Lipinski definition) is 2. The van der Waals surface area contributed by atoms with Gasteiger partial charge in [-0.2, -0.15) is 0 Å². The molecule has 0 unspecified atom stereocenters. The van der Waals surface area contributed by atoms with E-state index in [9.17, 15) is 4.79 Å². The summed E-state index contributed by atoms with van der Waals surface area (Å²) in [5.41, 5.74) is 2.90. The average Bonchev–Trinajstić information content (AvgIpc) is 2.82. The fraction of sp³-hybridized carbons (Fsp3) is 0.588. The number of carbonyl (C=O) groups is 1. The van der Waals surface area contributed by atoms with E-state index < -0.39 is 0 Å². The fourth-order valence-corrected chi connectivity index (χ4v) is 3.34. The second-order valence-electron chi connectivity index (χ2n) is 6.03. The van der Waals surface area contributed by atoms with Gasteiger partial charge >= 0.3 is 0 Å². The van der Waals surface area contributed by atoms with Gasteiger partial charge in [-0.25, -0.2) is 0 Å². The van der Waals surface area contributed by atoms with Crippen LogP contribution in [0, 0.1) is 11.8 Å². The molecule has 1 amide bonds. The molecule has 0 radical (unpaired) electrons. The largest absolute Gasteiger partial charge is 0.378 e. The van der Waals surface area contributed by atoms with Crippen LogP contribution in [-0.4, -0.2) is 25.2 Å². The Hall–Kier alpha value is -1.35. The minimum atomic E-state index is 0.176. The number of benzene rings is 1. The van der Waals surface area contributed by atoms with Gasteiger partial charge in [-0.1, -0.05) is 24.3 Å². The van der Waals surface area contributed by atoms with Crippen LogP contribution >= 0.6 is 0 Å². The molecular formula is C17H23NO2. The van der Waals surface area contributed by atoms with Crippen molar-refractivity contribution in [1.82, 2.24) is 5.32 Å². The Morgan fingerprint density at radius 3 is 2.50 bits per heavy atom. The van der Waals surface area contributed by atoms with Crippen LogP contribution in [0.4, 0.5) is 0 Å². The van der Waals surface area contributed by atoms with Crippen LogP contribution in [0.2, 0.25) is 0 Å². The molecule has 1 aromatic rings. The zero-order chi connectivity index (χ0) is 13.9. The molecule has 0 aromatic heterocycles. The summed E-state index contributed by atoms with van der Waals surface area (Å²) in [7, 11) is 0. The molecule has 2 aliphatic carbocycles. The number of nitrogens with one attached hydrogen (secondary N) is 1. The molecule has 1 N–H and O–H groups in total. The van der Waals surface area contributed by atoms with Crippen molar-refractivity contribution < 1.29 is 9.53 Å². The van der Waals surface area contributed by atoms with E-state index in [1.807, 2.05) is 6.92 Å². The standard InChI is InChI=1S/C17H23NO2/c1-2-20-16-9-15(10-16)17(19)18-11-12-7-13-5-3-4-6-14(13)8-12/h3-6,12,15-16H,2,7-11H2,1H3,(H,18,19). The van der Waals surface area contributed by atoms with E-state index in [0.29, 0.717) is 12.0 Å². The van der Waals surface area contributed by atoms with Crippen LogP contribution in [0.15, 0.2) is 24.3 Å². The normalized spacial score (nSPS) is 25.1. The van der Waals surface area contributed by atoms with Crippen molar-refractivity contribution in [2.24, 2.45) is 11.8 Å². The van der Waals surface area contributed by atoms with E-state index in [4.69, 9.17) is 4.74 Å². The SMILES string of the molecule is CCOC1CC(C(=O)NCC2Cc3ccccc3C2)C1. The lowest BCUT2D eigenvalue weighted by Crippen LogP contribution is -2.43. The number of amides is 1. The third-order valence-electron chi connectivity index (χ3n) is 4.57. The average molecular weight is 273 g/mol. The lowest BCUT2D eigenvalue weighted by molar-refractivity contribution is -0.133. The highest BCUT2D eigenvalue weighted by Gasteiger charge is 2.35. The van der Waals surface area contributed by atoms with Crippen LogP contribution < -0.4 is 5.32 Å². The van der Waals surface area contributed by atoms with E-state index in [1.54, 1.807) is 0 Å². The molecule has 3 rings (SSSR count). The zero-order valence-electron chi connectivity index (χ0n) is 12.1. The number of fused-ring (bicyclic) bond motifs is 1. The first-order chi connectivity index (χ1) is 9.76. The molecule has 0 atom stereocenters. The molecule has 1 saturated carbocycles. The summed E-state index contributed by atoms with van der Waals surface area (Å²) in [6.45, 7) is 3.56. The Morgan fingerprint density at radius 1 is 1.25 bits per heavy atom. The van der Waals surface area contributed by atoms with Gasteiger partial charge < -0.3 is 10.1 Å². The number of hydrogen-bond donors (Lipinski definition) is 1. The Bertz CT molecular complexity index is 455. The molecule has 0 aliphatic heterocycles. The third kappa shape index (κ3) is 2.88. The second kappa shape index (κ2) is 5.96. The van der Waals surface area contributed by atoms with Crippen molar-refractivity contribution in [2.75, 3.05) is 13.2 Å². The summed E-state index contributed by atoms with van der Waals surface area (Å²) in [6, 6.07) is 8.61. The Labute approximate surface area is 120 Å². The highest BCUT2D eigenvalue weighted by molar-refractivity contribution is 5.79. The van der Waals surface area contributed by atoms with E-state index in [0.717, 1.165) is 38.8 Å². The van der Waals surface area contributed by atoms with Gasteiger partial charge in [0.15, 0.2) is 0 Å². The summed E-state index contributed by atoms with van der Waals surface area (Å²) in [5.74, 6) is 0.964. The Morgan fingerprint density at radius 2 is 1.90 bits per heavy atom. The smallest absolute Gasteiger partial charge is 0.223 e. The highest BCUT2D eigenvalue weighted by Crippen LogP contribution is 2.30. The van der Waals surface area contributed by atoms with Gasteiger partial charge in [0.2, 0.25) is 5.91 Å². The molecule has 108 valence electrons. The van der Waals surface area contributed by atoms with Crippen LogP contribution in [0.3, 0.4) is 0 Å². The molecule has 20 heavy (non-hydrogen) atoms. The van der Waals surface area contributed by atoms with Crippen molar-refractivity contribution in [3.8, 4) is 0 Å². The minimum Gasteiger partial charge on any atom is -0.378 e. The van der Waals surface area contributed by atoms with Crippen LogP contribution in [0.25, 0.3) is 0 Å². The summed E-state index contributed by atoms with van der Waals surface area (Å²) in [6.07, 6.45) is 4.30. The van der Waals surface area contributed by atoms with Gasteiger partial charge in [0, 0.05) is 19.1 Å². The van der Waals surface area contributed by atoms with E-state index in [2.05, 4.69) is 29.6 Å². The summed E-state index contributed by atoms with van der Waals surface area (Å²) < 4.78 is 5.50. The van der Waals surface area contributed by atoms with Crippen LogP contribution in [0.5, 0.6) is 0 Å². The molecule has 1 fully saturated rings. The first kappa shape index (κ1) is 13.6. The zero-order valence-corrected chi connectivity index (χ0v) is 12.1. The van der Waals surface area contributed by atoms with Crippen molar-refractivity contribution in [1.29, 1.82) is 0 Å². The summed E-state index contributed by atoms with van der Waals surface area (Å²) in [5, 5.41) is 3.13. The van der Waals surface area contributed by atoms with Gasteiger partial charge in [-0.3, -0.25) is 4.79 Å². The summed E-state index contributed by atoms with van der Waals surface area (Å²) >= 11 is 0. The van der Waals surface area contributed by atoms with Crippen molar-refractivity contribution in [3.63, 3.8) is 0 Å². The molecule has 3 nitrogen and oxygen atoms in total. The third-order valence-corrected chi connectivity index (χ3v) is 4.57. The fourth-order valence-electron chi connectivity index (χ4n) is 3.34.